The molecule has 26 heavy (non-hydrogen) atoms. The molecule has 0 aliphatic carbocycles. The standard InChI is InChI=1S/C20H24ClN3O2/c1-14-5-4-6-16(19(14)26-3)20(25)22-15-7-8-18(17(21)13-15)24-11-9-23(2)10-12-24/h4-8,13H,9-12H2,1-3H3,(H,22,25). The monoisotopic (exact) mass is 373 g/mol. The number of ether oxygens (including phenoxy) is 1. The molecule has 1 heterocycles. The highest BCUT2D eigenvalue weighted by molar-refractivity contribution is 6.33. The molecule has 2 aromatic carbocycles. The van der Waals surface area contributed by atoms with Gasteiger partial charge in [0.25, 0.3) is 5.91 Å². The molecule has 1 N–H and O–H groups in total. The predicted molar refractivity (Wildman–Crippen MR) is 107 cm³/mol. The Kier molecular flexibility index (Phi) is 5.69. The number of benzene rings is 2. The van der Waals surface area contributed by atoms with Crippen LogP contribution in [0.15, 0.2) is 36.4 Å². The minimum absolute atomic E-state index is 0.214. The molecule has 0 radical (unpaired) electrons. The van der Waals surface area contributed by atoms with Gasteiger partial charge >= 0.3 is 0 Å². The van der Waals surface area contributed by atoms with E-state index in [2.05, 4.69) is 22.2 Å². The number of carbonyl (C=O) groups is 1. The summed E-state index contributed by atoms with van der Waals surface area (Å²) in [6, 6.07) is 11.2. The Labute approximate surface area is 159 Å². The zero-order valence-electron chi connectivity index (χ0n) is 15.4. The van der Waals surface area contributed by atoms with Crippen LogP contribution < -0.4 is 15.0 Å². The molecule has 138 valence electrons. The summed E-state index contributed by atoms with van der Waals surface area (Å²) in [5.41, 5.74) is 3.10. The van der Waals surface area contributed by atoms with Gasteiger partial charge in [0.15, 0.2) is 0 Å². The van der Waals surface area contributed by atoms with E-state index in [1.165, 1.54) is 0 Å². The van der Waals surface area contributed by atoms with Gasteiger partial charge in [0.2, 0.25) is 0 Å². The molecular formula is C20H24ClN3O2. The topological polar surface area (TPSA) is 44.8 Å². The predicted octanol–water partition coefficient (Wildman–Crippen LogP) is 3.66. The number of carbonyl (C=O) groups excluding carboxylic acids is 1. The number of methoxy groups -OCH3 is 1. The zero-order chi connectivity index (χ0) is 18.7. The van der Waals surface area contributed by atoms with Crippen molar-refractivity contribution in [2.45, 2.75) is 6.92 Å². The molecule has 2 aromatic rings. The summed E-state index contributed by atoms with van der Waals surface area (Å²) in [5.74, 6) is 0.374. The van der Waals surface area contributed by atoms with Crippen LogP contribution in [0.1, 0.15) is 15.9 Å². The summed E-state index contributed by atoms with van der Waals surface area (Å²) in [7, 11) is 3.69. The molecule has 0 unspecified atom stereocenters. The lowest BCUT2D eigenvalue weighted by atomic mass is 10.1. The lowest BCUT2D eigenvalue weighted by Crippen LogP contribution is -2.44. The number of hydrogen-bond donors (Lipinski definition) is 1. The lowest BCUT2D eigenvalue weighted by Gasteiger charge is -2.34. The van der Waals surface area contributed by atoms with Gasteiger partial charge in [0, 0.05) is 31.9 Å². The van der Waals surface area contributed by atoms with Crippen LogP contribution in [0.3, 0.4) is 0 Å². The van der Waals surface area contributed by atoms with Crippen LogP contribution in [0.4, 0.5) is 11.4 Å². The fourth-order valence-electron chi connectivity index (χ4n) is 3.19. The maximum Gasteiger partial charge on any atom is 0.259 e. The van der Waals surface area contributed by atoms with Crippen molar-refractivity contribution >= 4 is 28.9 Å². The zero-order valence-corrected chi connectivity index (χ0v) is 16.1. The molecule has 0 atom stereocenters. The largest absolute Gasteiger partial charge is 0.496 e. The molecule has 1 aliphatic heterocycles. The molecule has 0 saturated carbocycles. The minimum Gasteiger partial charge on any atom is -0.496 e. The van der Waals surface area contributed by atoms with Gasteiger partial charge in [-0.05, 0) is 43.8 Å². The molecule has 6 heteroatoms. The highest BCUT2D eigenvalue weighted by Gasteiger charge is 2.18. The summed E-state index contributed by atoms with van der Waals surface area (Å²) >= 11 is 6.48. The van der Waals surface area contributed by atoms with Gasteiger partial charge in [0.1, 0.15) is 5.75 Å². The Hall–Kier alpha value is -2.24. The van der Waals surface area contributed by atoms with Crippen molar-refractivity contribution < 1.29 is 9.53 Å². The van der Waals surface area contributed by atoms with E-state index in [4.69, 9.17) is 16.3 Å². The van der Waals surface area contributed by atoms with Gasteiger partial charge in [-0.3, -0.25) is 4.79 Å². The summed E-state index contributed by atoms with van der Waals surface area (Å²) in [5, 5.41) is 3.55. The Morgan fingerprint density at radius 1 is 1.15 bits per heavy atom. The van der Waals surface area contributed by atoms with Gasteiger partial charge in [0.05, 0.1) is 23.4 Å². The number of hydrogen-bond acceptors (Lipinski definition) is 4. The first-order valence-electron chi connectivity index (χ1n) is 8.67. The molecule has 1 saturated heterocycles. The molecular weight excluding hydrogens is 350 g/mol. The number of likely N-dealkylation sites (N-methyl/N-ethyl adjacent to an activating group) is 1. The average Bonchev–Trinajstić information content (AvgIpc) is 2.62. The molecule has 1 aliphatic rings. The van der Waals surface area contributed by atoms with E-state index in [1.807, 2.05) is 31.2 Å². The van der Waals surface area contributed by atoms with Crippen LogP contribution >= 0.6 is 11.6 Å². The first-order chi connectivity index (χ1) is 12.5. The Bertz CT molecular complexity index is 802. The summed E-state index contributed by atoms with van der Waals surface area (Å²) in [4.78, 5) is 17.2. The highest BCUT2D eigenvalue weighted by atomic mass is 35.5. The van der Waals surface area contributed by atoms with E-state index in [0.29, 0.717) is 22.0 Å². The molecule has 0 aromatic heterocycles. The first kappa shape index (κ1) is 18.5. The maximum atomic E-state index is 12.6. The van der Waals surface area contributed by atoms with Crippen LogP contribution in [0.25, 0.3) is 0 Å². The Morgan fingerprint density at radius 3 is 2.54 bits per heavy atom. The summed E-state index contributed by atoms with van der Waals surface area (Å²) < 4.78 is 5.37. The van der Waals surface area contributed by atoms with E-state index in [1.54, 1.807) is 19.2 Å². The molecule has 0 spiro atoms. The van der Waals surface area contributed by atoms with Crippen molar-refractivity contribution in [3.05, 3.63) is 52.5 Å². The minimum atomic E-state index is -0.214. The van der Waals surface area contributed by atoms with Gasteiger partial charge in [-0.2, -0.15) is 0 Å². The van der Waals surface area contributed by atoms with E-state index < -0.39 is 0 Å². The van der Waals surface area contributed by atoms with Gasteiger partial charge < -0.3 is 19.9 Å². The number of piperazine rings is 1. The molecule has 1 amide bonds. The third-order valence-corrected chi connectivity index (χ3v) is 5.01. The van der Waals surface area contributed by atoms with Crippen molar-refractivity contribution in [1.29, 1.82) is 0 Å². The highest BCUT2D eigenvalue weighted by Crippen LogP contribution is 2.30. The smallest absolute Gasteiger partial charge is 0.259 e. The van der Waals surface area contributed by atoms with Crippen molar-refractivity contribution in [2.75, 3.05) is 50.6 Å². The SMILES string of the molecule is COc1c(C)cccc1C(=O)Nc1ccc(N2CCN(C)CC2)c(Cl)c1. The number of rotatable bonds is 4. The van der Waals surface area contributed by atoms with E-state index >= 15 is 0 Å². The van der Waals surface area contributed by atoms with Crippen LogP contribution in [-0.2, 0) is 0 Å². The van der Waals surface area contributed by atoms with Crippen LogP contribution in [0.2, 0.25) is 5.02 Å². The molecule has 0 bridgehead atoms. The number of amides is 1. The van der Waals surface area contributed by atoms with E-state index in [0.717, 1.165) is 37.4 Å². The number of nitrogens with zero attached hydrogens (tertiary/aromatic N) is 2. The molecule has 1 fully saturated rings. The van der Waals surface area contributed by atoms with Crippen molar-refractivity contribution in [3.8, 4) is 5.75 Å². The van der Waals surface area contributed by atoms with Crippen LogP contribution in [0.5, 0.6) is 5.75 Å². The fraction of sp³-hybridized carbons (Fsp3) is 0.350. The fourth-order valence-corrected chi connectivity index (χ4v) is 3.49. The number of aryl methyl sites for hydroxylation is 1. The second kappa shape index (κ2) is 7.98. The van der Waals surface area contributed by atoms with E-state index in [-0.39, 0.29) is 5.91 Å². The lowest BCUT2D eigenvalue weighted by molar-refractivity contribution is 0.102. The Balaban J connectivity index is 1.76. The number of anilines is 2. The first-order valence-corrected chi connectivity index (χ1v) is 9.05. The maximum absolute atomic E-state index is 12.6. The summed E-state index contributed by atoms with van der Waals surface area (Å²) in [6.07, 6.45) is 0. The van der Waals surface area contributed by atoms with Crippen molar-refractivity contribution in [3.63, 3.8) is 0 Å². The number of halogens is 1. The Morgan fingerprint density at radius 2 is 1.88 bits per heavy atom. The average molecular weight is 374 g/mol. The van der Waals surface area contributed by atoms with Gasteiger partial charge in [-0.1, -0.05) is 23.7 Å². The summed E-state index contributed by atoms with van der Waals surface area (Å²) in [6.45, 7) is 5.84. The molecule has 5 nitrogen and oxygen atoms in total. The quantitative estimate of drug-likeness (QED) is 0.888. The second-order valence-corrected chi connectivity index (χ2v) is 6.97. The van der Waals surface area contributed by atoms with Gasteiger partial charge in [-0.15, -0.1) is 0 Å². The van der Waals surface area contributed by atoms with Crippen molar-refractivity contribution in [2.24, 2.45) is 0 Å². The van der Waals surface area contributed by atoms with Crippen molar-refractivity contribution in [1.82, 2.24) is 4.90 Å². The number of nitrogens with one attached hydrogen (secondary N) is 1. The third-order valence-electron chi connectivity index (χ3n) is 4.71. The van der Waals surface area contributed by atoms with E-state index in [9.17, 15) is 4.79 Å². The molecule has 3 rings (SSSR count). The van der Waals surface area contributed by atoms with Crippen LogP contribution in [0, 0.1) is 6.92 Å². The number of para-hydroxylation sites is 1. The normalized spacial score (nSPS) is 15.0. The third kappa shape index (κ3) is 3.94. The van der Waals surface area contributed by atoms with Gasteiger partial charge in [-0.25, -0.2) is 0 Å². The second-order valence-electron chi connectivity index (χ2n) is 6.57. The van der Waals surface area contributed by atoms with Crippen LogP contribution in [-0.4, -0.2) is 51.1 Å².